The number of halogens is 1. The van der Waals surface area contributed by atoms with Crippen LogP contribution in [0, 0.1) is 0 Å². The molecule has 1 aliphatic rings. The lowest BCUT2D eigenvalue weighted by atomic mass is 10.0. The standard InChI is InChI=1S/C12H15ClO3/c1-7(2)10-3-8(13)4-11-12(10)15-6-9(5-14)16-11/h3-4,7,9,14H,5-6H2,1-2H3. The lowest BCUT2D eigenvalue weighted by Crippen LogP contribution is -2.32. The maximum absolute atomic E-state index is 9.03. The quantitative estimate of drug-likeness (QED) is 0.867. The number of ether oxygens (including phenoxy) is 2. The van der Waals surface area contributed by atoms with Crippen LogP contribution < -0.4 is 9.47 Å². The SMILES string of the molecule is CC(C)c1cc(Cl)cc2c1OCC(CO)O2. The molecule has 1 atom stereocenters. The second-order valence-electron chi connectivity index (χ2n) is 4.21. The summed E-state index contributed by atoms with van der Waals surface area (Å²) < 4.78 is 11.2. The predicted molar refractivity (Wildman–Crippen MR) is 62.5 cm³/mol. The van der Waals surface area contributed by atoms with Gasteiger partial charge in [-0.2, -0.15) is 0 Å². The minimum absolute atomic E-state index is 0.0526. The highest BCUT2D eigenvalue weighted by molar-refractivity contribution is 6.30. The molecule has 1 aliphatic heterocycles. The monoisotopic (exact) mass is 242 g/mol. The van der Waals surface area contributed by atoms with E-state index >= 15 is 0 Å². The summed E-state index contributed by atoms with van der Waals surface area (Å²) in [6, 6.07) is 3.62. The van der Waals surface area contributed by atoms with Gasteiger partial charge in [0.05, 0.1) is 6.61 Å². The Morgan fingerprint density at radius 1 is 1.50 bits per heavy atom. The van der Waals surface area contributed by atoms with Gasteiger partial charge in [0.15, 0.2) is 17.6 Å². The lowest BCUT2D eigenvalue weighted by Gasteiger charge is -2.28. The maximum Gasteiger partial charge on any atom is 0.164 e. The van der Waals surface area contributed by atoms with Gasteiger partial charge in [-0.15, -0.1) is 0 Å². The van der Waals surface area contributed by atoms with Crippen LogP contribution in [-0.2, 0) is 0 Å². The summed E-state index contributed by atoms with van der Waals surface area (Å²) >= 11 is 6.02. The summed E-state index contributed by atoms with van der Waals surface area (Å²) in [6.45, 7) is 4.48. The molecular formula is C12H15ClO3. The zero-order valence-electron chi connectivity index (χ0n) is 9.37. The van der Waals surface area contributed by atoms with E-state index in [1.165, 1.54) is 0 Å². The van der Waals surface area contributed by atoms with E-state index in [1.54, 1.807) is 6.07 Å². The summed E-state index contributed by atoms with van der Waals surface area (Å²) in [5, 5.41) is 9.66. The molecule has 0 aromatic heterocycles. The molecule has 1 aromatic rings. The largest absolute Gasteiger partial charge is 0.485 e. The van der Waals surface area contributed by atoms with E-state index in [0.717, 1.165) is 11.3 Å². The van der Waals surface area contributed by atoms with Gasteiger partial charge in [-0.25, -0.2) is 0 Å². The minimum atomic E-state index is -0.300. The second kappa shape index (κ2) is 4.52. The molecule has 1 aromatic carbocycles. The average Bonchev–Trinajstić information content (AvgIpc) is 2.26. The highest BCUT2D eigenvalue weighted by Gasteiger charge is 2.24. The summed E-state index contributed by atoms with van der Waals surface area (Å²) in [7, 11) is 0. The number of rotatable bonds is 2. The minimum Gasteiger partial charge on any atom is -0.485 e. The molecule has 0 amide bonds. The number of aliphatic hydroxyl groups is 1. The van der Waals surface area contributed by atoms with Gasteiger partial charge in [0.2, 0.25) is 0 Å². The van der Waals surface area contributed by atoms with E-state index in [0.29, 0.717) is 23.3 Å². The Hall–Kier alpha value is -0.930. The molecule has 4 heteroatoms. The summed E-state index contributed by atoms with van der Waals surface area (Å²) in [4.78, 5) is 0. The van der Waals surface area contributed by atoms with Crippen molar-refractivity contribution in [3.63, 3.8) is 0 Å². The molecular weight excluding hydrogens is 228 g/mol. The molecule has 1 unspecified atom stereocenters. The van der Waals surface area contributed by atoms with Crippen molar-refractivity contribution >= 4 is 11.6 Å². The Kier molecular flexibility index (Phi) is 3.26. The topological polar surface area (TPSA) is 38.7 Å². The van der Waals surface area contributed by atoms with Gasteiger partial charge in [-0.1, -0.05) is 25.4 Å². The molecule has 88 valence electrons. The molecule has 0 aliphatic carbocycles. The van der Waals surface area contributed by atoms with Crippen molar-refractivity contribution in [2.45, 2.75) is 25.9 Å². The van der Waals surface area contributed by atoms with Gasteiger partial charge in [0.25, 0.3) is 0 Å². The highest BCUT2D eigenvalue weighted by Crippen LogP contribution is 2.41. The van der Waals surface area contributed by atoms with Gasteiger partial charge in [-0.05, 0) is 12.0 Å². The third kappa shape index (κ3) is 2.11. The zero-order chi connectivity index (χ0) is 11.7. The van der Waals surface area contributed by atoms with Gasteiger partial charge >= 0.3 is 0 Å². The number of fused-ring (bicyclic) bond motifs is 1. The van der Waals surface area contributed by atoms with E-state index in [2.05, 4.69) is 13.8 Å². The number of hydrogen-bond acceptors (Lipinski definition) is 3. The molecule has 3 nitrogen and oxygen atoms in total. The van der Waals surface area contributed by atoms with Crippen LogP contribution in [0.1, 0.15) is 25.3 Å². The maximum atomic E-state index is 9.03. The van der Waals surface area contributed by atoms with Crippen molar-refractivity contribution in [3.8, 4) is 11.5 Å². The summed E-state index contributed by atoms with van der Waals surface area (Å²) in [5.74, 6) is 1.70. The Bertz CT molecular complexity index is 390. The first-order valence-electron chi connectivity index (χ1n) is 5.35. The Balaban J connectivity index is 2.41. The van der Waals surface area contributed by atoms with Crippen LogP contribution in [0.2, 0.25) is 5.02 Å². The molecule has 0 bridgehead atoms. The zero-order valence-corrected chi connectivity index (χ0v) is 10.1. The van der Waals surface area contributed by atoms with Crippen LogP contribution in [0.25, 0.3) is 0 Å². The average molecular weight is 243 g/mol. The number of benzene rings is 1. The van der Waals surface area contributed by atoms with Gasteiger partial charge < -0.3 is 14.6 Å². The van der Waals surface area contributed by atoms with E-state index in [-0.39, 0.29) is 12.7 Å². The van der Waals surface area contributed by atoms with Crippen LogP contribution in [0.15, 0.2) is 12.1 Å². The normalized spacial score (nSPS) is 18.9. The van der Waals surface area contributed by atoms with Crippen LogP contribution in [0.3, 0.4) is 0 Å². The third-order valence-electron chi connectivity index (χ3n) is 2.58. The highest BCUT2D eigenvalue weighted by atomic mass is 35.5. The predicted octanol–water partition coefficient (Wildman–Crippen LogP) is 2.60. The molecule has 0 saturated carbocycles. The van der Waals surface area contributed by atoms with Crippen molar-refractivity contribution in [3.05, 3.63) is 22.7 Å². The molecule has 1 heterocycles. The molecule has 1 N–H and O–H groups in total. The molecule has 0 saturated heterocycles. The van der Waals surface area contributed by atoms with Crippen molar-refractivity contribution in [2.75, 3.05) is 13.2 Å². The van der Waals surface area contributed by atoms with E-state index in [4.69, 9.17) is 26.2 Å². The summed E-state index contributed by atoms with van der Waals surface area (Å²) in [5.41, 5.74) is 1.04. The smallest absolute Gasteiger partial charge is 0.164 e. The number of hydrogen-bond donors (Lipinski definition) is 1. The van der Waals surface area contributed by atoms with Crippen molar-refractivity contribution in [2.24, 2.45) is 0 Å². The summed E-state index contributed by atoms with van der Waals surface area (Å²) in [6.07, 6.45) is -0.300. The lowest BCUT2D eigenvalue weighted by molar-refractivity contribution is 0.0448. The van der Waals surface area contributed by atoms with E-state index in [1.807, 2.05) is 6.07 Å². The van der Waals surface area contributed by atoms with Crippen LogP contribution >= 0.6 is 11.6 Å². The third-order valence-corrected chi connectivity index (χ3v) is 2.80. The van der Waals surface area contributed by atoms with Crippen LogP contribution in [0.4, 0.5) is 0 Å². The Morgan fingerprint density at radius 3 is 2.88 bits per heavy atom. The fourth-order valence-electron chi connectivity index (χ4n) is 1.74. The van der Waals surface area contributed by atoms with E-state index < -0.39 is 0 Å². The van der Waals surface area contributed by atoms with Crippen molar-refractivity contribution < 1.29 is 14.6 Å². The second-order valence-corrected chi connectivity index (χ2v) is 4.65. The van der Waals surface area contributed by atoms with Gasteiger partial charge in [0.1, 0.15) is 6.61 Å². The molecule has 0 spiro atoms. The first-order chi connectivity index (χ1) is 7.61. The first kappa shape index (κ1) is 11.6. The number of aliphatic hydroxyl groups excluding tert-OH is 1. The van der Waals surface area contributed by atoms with Crippen molar-refractivity contribution in [1.82, 2.24) is 0 Å². The van der Waals surface area contributed by atoms with Gasteiger partial charge in [-0.3, -0.25) is 0 Å². The first-order valence-corrected chi connectivity index (χ1v) is 5.73. The van der Waals surface area contributed by atoms with Crippen molar-refractivity contribution in [1.29, 1.82) is 0 Å². The van der Waals surface area contributed by atoms with Gasteiger partial charge in [0, 0.05) is 16.7 Å². The molecule has 16 heavy (non-hydrogen) atoms. The molecule has 0 radical (unpaired) electrons. The van der Waals surface area contributed by atoms with Crippen LogP contribution in [0.5, 0.6) is 11.5 Å². The molecule has 0 fully saturated rings. The van der Waals surface area contributed by atoms with Crippen LogP contribution in [-0.4, -0.2) is 24.4 Å². The fourth-order valence-corrected chi connectivity index (χ4v) is 1.96. The fraction of sp³-hybridized carbons (Fsp3) is 0.500. The molecule has 2 rings (SSSR count). The Labute approximate surface area is 99.9 Å². The Morgan fingerprint density at radius 2 is 2.25 bits per heavy atom. The van der Waals surface area contributed by atoms with E-state index in [9.17, 15) is 0 Å².